The van der Waals surface area contributed by atoms with Crippen molar-refractivity contribution in [2.24, 2.45) is 10.7 Å². The lowest BCUT2D eigenvalue weighted by molar-refractivity contribution is 0.181. The van der Waals surface area contributed by atoms with Crippen molar-refractivity contribution in [3.05, 3.63) is 72.5 Å². The Bertz CT molecular complexity index is 874. The Balaban J connectivity index is 0.000000340. The quantitative estimate of drug-likeness (QED) is 0.275. The van der Waals surface area contributed by atoms with E-state index in [1.54, 1.807) is 25.4 Å². The summed E-state index contributed by atoms with van der Waals surface area (Å²) in [6.45, 7) is 11.8. The van der Waals surface area contributed by atoms with E-state index in [4.69, 9.17) is 15.6 Å². The van der Waals surface area contributed by atoms with Gasteiger partial charge in [0.15, 0.2) is 0 Å². The Hall–Kier alpha value is -2.34. The van der Waals surface area contributed by atoms with E-state index in [1.807, 2.05) is 32.9 Å². The Morgan fingerprint density at radius 3 is 2.47 bits per heavy atom. The van der Waals surface area contributed by atoms with E-state index in [0.29, 0.717) is 6.54 Å². The molecule has 0 aromatic heterocycles. The molecule has 0 fully saturated rings. The lowest BCUT2D eigenvalue weighted by Gasteiger charge is -2.25. The number of aliphatic hydroxyl groups is 1. The summed E-state index contributed by atoms with van der Waals surface area (Å²) >= 11 is 4.31. The molecule has 0 bridgehead atoms. The lowest BCUT2D eigenvalue weighted by atomic mass is 9.97. The predicted molar refractivity (Wildman–Crippen MR) is 141 cm³/mol. The van der Waals surface area contributed by atoms with Crippen molar-refractivity contribution < 1.29 is 9.84 Å². The standard InChI is InChI=1S/C16H17NOS.C9H15NO.C2H6/c17-10-14-5-1-13-9-12(4-8-16(13)18-14)11-2-6-15(19)7-3-11;1-4-6-10-7-9(5-2)8(3)11;1-2/h2-4,6-9,14,19H,1,5,10,17H2;5-8,11H,2,4H2,1,3H3;1-2H3/b;9-7+,10-6?;. The minimum atomic E-state index is -0.485. The van der Waals surface area contributed by atoms with Gasteiger partial charge in [0.1, 0.15) is 11.9 Å². The number of nitrogens with two attached hydrogens (primary N) is 1. The molecule has 0 amide bonds. The maximum Gasteiger partial charge on any atom is 0.123 e. The third-order valence-electron chi connectivity index (χ3n) is 4.78. The van der Waals surface area contributed by atoms with Crippen LogP contribution in [-0.4, -0.2) is 30.1 Å². The SMILES string of the molecule is C=C/C(=C\N=CCC)C(C)O.CC.NCC1CCc2cc(-c3ccc(S)cc3)ccc2O1. The number of ether oxygens (including phenoxy) is 1. The average molecular weight is 455 g/mol. The number of hydrogen-bond donors (Lipinski definition) is 3. The van der Waals surface area contributed by atoms with Crippen molar-refractivity contribution in [1.29, 1.82) is 0 Å². The van der Waals surface area contributed by atoms with Crippen LogP contribution in [0.15, 0.2) is 76.8 Å². The molecule has 0 saturated carbocycles. The first-order valence-electron chi connectivity index (χ1n) is 11.3. The first-order valence-corrected chi connectivity index (χ1v) is 11.7. The molecule has 2 atom stereocenters. The zero-order chi connectivity index (χ0) is 23.9. The van der Waals surface area contributed by atoms with Crippen LogP contribution in [0.25, 0.3) is 11.1 Å². The smallest absolute Gasteiger partial charge is 0.123 e. The van der Waals surface area contributed by atoms with Crippen molar-refractivity contribution >= 4 is 18.8 Å². The fourth-order valence-electron chi connectivity index (χ4n) is 3.02. The predicted octanol–water partition coefficient (Wildman–Crippen LogP) is 6.24. The van der Waals surface area contributed by atoms with Crippen molar-refractivity contribution in [2.75, 3.05) is 6.54 Å². The maximum absolute atomic E-state index is 9.10. The second-order valence-electron chi connectivity index (χ2n) is 7.13. The Morgan fingerprint density at radius 2 is 1.91 bits per heavy atom. The zero-order valence-electron chi connectivity index (χ0n) is 19.8. The number of fused-ring (bicyclic) bond motifs is 1. The van der Waals surface area contributed by atoms with E-state index in [9.17, 15) is 0 Å². The van der Waals surface area contributed by atoms with Crippen LogP contribution in [0.2, 0.25) is 0 Å². The molecular formula is C27H38N2O2S. The van der Waals surface area contributed by atoms with Gasteiger partial charge < -0.3 is 15.6 Å². The monoisotopic (exact) mass is 454 g/mol. The topological polar surface area (TPSA) is 67.8 Å². The lowest BCUT2D eigenvalue weighted by Crippen LogP contribution is -2.30. The van der Waals surface area contributed by atoms with Crippen molar-refractivity contribution in [3.8, 4) is 16.9 Å². The third-order valence-corrected chi connectivity index (χ3v) is 5.08. The molecule has 1 aliphatic heterocycles. The van der Waals surface area contributed by atoms with Crippen LogP contribution in [0.4, 0.5) is 0 Å². The maximum atomic E-state index is 9.10. The van der Waals surface area contributed by atoms with E-state index < -0.39 is 6.10 Å². The van der Waals surface area contributed by atoms with E-state index in [2.05, 4.69) is 54.5 Å². The summed E-state index contributed by atoms with van der Waals surface area (Å²) in [5.41, 5.74) is 10.1. The molecule has 4 nitrogen and oxygen atoms in total. The van der Waals surface area contributed by atoms with Gasteiger partial charge in [0, 0.05) is 23.9 Å². The van der Waals surface area contributed by atoms with Gasteiger partial charge in [-0.1, -0.05) is 51.6 Å². The summed E-state index contributed by atoms with van der Waals surface area (Å²) in [4.78, 5) is 4.95. The highest BCUT2D eigenvalue weighted by Gasteiger charge is 2.18. The van der Waals surface area contributed by atoms with E-state index in [1.165, 1.54) is 16.7 Å². The van der Waals surface area contributed by atoms with E-state index in [-0.39, 0.29) is 6.10 Å². The highest BCUT2D eigenvalue weighted by molar-refractivity contribution is 7.80. The van der Waals surface area contributed by atoms with E-state index in [0.717, 1.165) is 35.5 Å². The Labute approximate surface area is 199 Å². The number of hydrogen-bond acceptors (Lipinski definition) is 5. The highest BCUT2D eigenvalue weighted by atomic mass is 32.1. The summed E-state index contributed by atoms with van der Waals surface area (Å²) in [6, 6.07) is 14.6. The number of aliphatic hydroxyl groups excluding tert-OH is 1. The second kappa shape index (κ2) is 15.5. The largest absolute Gasteiger partial charge is 0.489 e. The van der Waals surface area contributed by atoms with Crippen LogP contribution in [0.1, 0.15) is 46.1 Å². The van der Waals surface area contributed by atoms with Crippen LogP contribution in [0, 0.1) is 0 Å². The second-order valence-corrected chi connectivity index (χ2v) is 7.65. The van der Waals surface area contributed by atoms with Gasteiger partial charge in [-0.3, -0.25) is 4.99 Å². The van der Waals surface area contributed by atoms with Gasteiger partial charge in [-0.25, -0.2) is 0 Å². The Kier molecular flexibility index (Phi) is 13.4. The van der Waals surface area contributed by atoms with Crippen LogP contribution in [-0.2, 0) is 6.42 Å². The van der Waals surface area contributed by atoms with Gasteiger partial charge in [0.2, 0.25) is 0 Å². The number of benzene rings is 2. The molecule has 0 radical (unpaired) electrons. The first-order chi connectivity index (χ1) is 15.5. The van der Waals surface area contributed by atoms with Crippen LogP contribution in [0.5, 0.6) is 5.75 Å². The molecule has 2 aromatic rings. The molecule has 174 valence electrons. The third kappa shape index (κ3) is 9.03. The fraction of sp³-hybridized carbons (Fsp3) is 0.370. The molecule has 1 aliphatic rings. The van der Waals surface area contributed by atoms with Crippen LogP contribution < -0.4 is 10.5 Å². The Morgan fingerprint density at radius 1 is 1.25 bits per heavy atom. The zero-order valence-corrected chi connectivity index (χ0v) is 20.7. The molecule has 0 aliphatic carbocycles. The number of aryl methyl sites for hydroxylation is 1. The summed E-state index contributed by atoms with van der Waals surface area (Å²) in [6.07, 6.45) is 7.65. The van der Waals surface area contributed by atoms with Gasteiger partial charge >= 0.3 is 0 Å². The molecular weight excluding hydrogens is 416 g/mol. The van der Waals surface area contributed by atoms with E-state index >= 15 is 0 Å². The molecule has 1 heterocycles. The molecule has 3 N–H and O–H groups in total. The molecule has 0 spiro atoms. The minimum Gasteiger partial charge on any atom is -0.489 e. The summed E-state index contributed by atoms with van der Waals surface area (Å²) in [5.74, 6) is 0.983. The van der Waals surface area contributed by atoms with Crippen LogP contribution in [0.3, 0.4) is 0 Å². The number of thiol groups is 1. The molecule has 32 heavy (non-hydrogen) atoms. The molecule has 2 unspecified atom stereocenters. The molecule has 2 aromatic carbocycles. The number of aliphatic imine (C=N–C) groups is 1. The summed E-state index contributed by atoms with van der Waals surface area (Å²) in [7, 11) is 0. The minimum absolute atomic E-state index is 0.168. The van der Waals surface area contributed by atoms with Crippen LogP contribution >= 0.6 is 12.6 Å². The molecule has 5 heteroatoms. The average Bonchev–Trinajstić information content (AvgIpc) is 2.83. The number of rotatable bonds is 6. The van der Waals surface area contributed by atoms with Gasteiger partial charge in [0.25, 0.3) is 0 Å². The molecule has 3 rings (SSSR count). The number of nitrogens with zero attached hydrogens (tertiary/aromatic N) is 1. The van der Waals surface area contributed by atoms with Crippen molar-refractivity contribution in [2.45, 2.75) is 64.1 Å². The van der Waals surface area contributed by atoms with Gasteiger partial charge in [-0.2, -0.15) is 0 Å². The normalized spacial score (nSPS) is 16.0. The molecule has 0 saturated heterocycles. The summed E-state index contributed by atoms with van der Waals surface area (Å²) < 4.78 is 5.85. The first kappa shape index (κ1) is 27.7. The van der Waals surface area contributed by atoms with Gasteiger partial charge in [0.05, 0.1) is 6.10 Å². The van der Waals surface area contributed by atoms with Crippen molar-refractivity contribution in [3.63, 3.8) is 0 Å². The highest BCUT2D eigenvalue weighted by Crippen LogP contribution is 2.32. The van der Waals surface area contributed by atoms with Gasteiger partial charge in [-0.05, 0) is 72.7 Å². The van der Waals surface area contributed by atoms with Crippen molar-refractivity contribution in [1.82, 2.24) is 0 Å². The summed E-state index contributed by atoms with van der Waals surface area (Å²) in [5, 5.41) is 9.10. The van der Waals surface area contributed by atoms with Gasteiger partial charge in [-0.15, -0.1) is 12.6 Å². The fourth-order valence-corrected chi connectivity index (χ4v) is 3.17.